The van der Waals surface area contributed by atoms with Crippen LogP contribution in [0, 0.1) is 11.7 Å². The molecule has 0 saturated carbocycles. The molecule has 2 aromatic rings. The van der Waals surface area contributed by atoms with Crippen molar-refractivity contribution in [1.29, 1.82) is 0 Å². The number of rotatable bonds is 18. The number of nitrogens with zero attached hydrogens (tertiary/aromatic N) is 1. The normalized spacial score (nSPS) is 21.5. The molecule has 17 nitrogen and oxygen atoms in total. The summed E-state index contributed by atoms with van der Waals surface area (Å²) in [6, 6.07) is 4.46. The number of nitrogens with two attached hydrogens (primary N) is 2. The third kappa shape index (κ3) is 11.3. The number of unbranched alkanes of at least 4 members (excludes halogenated alkanes) is 1. The smallest absolute Gasteiger partial charge is 0.330 e. The molecule has 1 fully saturated rings. The number of aliphatic hydroxyl groups is 2. The van der Waals surface area contributed by atoms with Gasteiger partial charge in [-0.3, -0.25) is 28.7 Å². The van der Waals surface area contributed by atoms with Gasteiger partial charge in [-0.25, -0.2) is 9.59 Å². The van der Waals surface area contributed by atoms with Crippen molar-refractivity contribution in [3.8, 4) is 0 Å². The van der Waals surface area contributed by atoms with E-state index in [2.05, 4.69) is 16.0 Å². The highest BCUT2D eigenvalue weighted by atomic mass is 19.1. The summed E-state index contributed by atoms with van der Waals surface area (Å²) >= 11 is 0. The summed E-state index contributed by atoms with van der Waals surface area (Å²) < 4.78 is 25.3. The summed E-state index contributed by atoms with van der Waals surface area (Å²) in [6.07, 6.45) is -3.76. The van der Waals surface area contributed by atoms with E-state index in [1.165, 1.54) is 6.92 Å². The predicted octanol–water partition coefficient (Wildman–Crippen LogP) is -1.94. The van der Waals surface area contributed by atoms with Crippen LogP contribution in [0.1, 0.15) is 58.2 Å². The quantitative estimate of drug-likeness (QED) is 0.0617. The van der Waals surface area contributed by atoms with Crippen molar-refractivity contribution in [3.63, 3.8) is 0 Å². The molecule has 1 aromatic carbocycles. The molecule has 18 heteroatoms. The molecule has 2 heterocycles. The zero-order chi connectivity index (χ0) is 37.8. The summed E-state index contributed by atoms with van der Waals surface area (Å²) in [4.78, 5) is 78.2. The number of carbonyl (C=O) groups excluding carboxylic acids is 4. The van der Waals surface area contributed by atoms with Gasteiger partial charge in [0.05, 0.1) is 12.2 Å². The predicted molar refractivity (Wildman–Crippen MR) is 180 cm³/mol. The standard InChI is InChI=1S/C33H48FN7O10/c1-4-17(2)24(32(48)50-16-23-25(42)26(43)31(51-23)41-15-20(34)28(45)40-33(41)49)39-30(47)22(14-19-10-6-5-7-11-19)38-27(44)18(3)37-29(46)21(36)12-8-9-13-35/h5-7,10-11,15,17-18,21-26,31,42-43H,4,8-9,12-14,16,35-36H2,1-3H3,(H,37,46)(H,38,44)(H,39,47)(H,40,45,49)/t17-,18-,21-,22-,23-,24-,25?,26?,31-/m0/s1. The fraction of sp³-hybridized carbons (Fsp3) is 0.576. The molecule has 2 unspecified atom stereocenters. The molecule has 282 valence electrons. The summed E-state index contributed by atoms with van der Waals surface area (Å²) in [5.74, 6) is -4.67. The number of esters is 1. The third-order valence-electron chi connectivity index (χ3n) is 8.66. The highest BCUT2D eigenvalue weighted by molar-refractivity contribution is 5.94. The SMILES string of the molecule is CC[C@H](C)[C@H](NC(=O)[C@H](Cc1ccccc1)NC(=O)[C@H](C)NC(=O)[C@@H](N)CCCCN)C(=O)OC[C@@H]1O[C@H](n2cc(F)c(=O)[nH]c2=O)C(O)C1O. The Bertz CT molecular complexity index is 1610. The molecule has 9 atom stereocenters. The van der Waals surface area contributed by atoms with Gasteiger partial charge in [-0.1, -0.05) is 57.0 Å². The Morgan fingerprint density at radius 3 is 2.35 bits per heavy atom. The van der Waals surface area contributed by atoms with Crippen LogP contribution in [0.3, 0.4) is 0 Å². The van der Waals surface area contributed by atoms with E-state index in [1.54, 1.807) is 49.2 Å². The number of halogens is 1. The largest absolute Gasteiger partial charge is 0.461 e. The van der Waals surface area contributed by atoms with E-state index >= 15 is 0 Å². The average molecular weight is 722 g/mol. The van der Waals surface area contributed by atoms with Gasteiger partial charge in [-0.05, 0) is 37.8 Å². The van der Waals surface area contributed by atoms with Gasteiger partial charge in [-0.2, -0.15) is 4.39 Å². The molecule has 3 rings (SSSR count). The Kier molecular flexibility index (Phi) is 15.4. The van der Waals surface area contributed by atoms with Gasteiger partial charge >= 0.3 is 11.7 Å². The lowest BCUT2D eigenvalue weighted by Gasteiger charge is -2.27. The van der Waals surface area contributed by atoms with Gasteiger partial charge in [0.2, 0.25) is 23.5 Å². The van der Waals surface area contributed by atoms with Crippen molar-refractivity contribution >= 4 is 23.7 Å². The van der Waals surface area contributed by atoms with E-state index in [0.29, 0.717) is 48.6 Å². The average Bonchev–Trinajstić information content (AvgIpc) is 3.39. The number of H-pyrrole nitrogens is 1. The molecular weight excluding hydrogens is 673 g/mol. The molecule has 51 heavy (non-hydrogen) atoms. The van der Waals surface area contributed by atoms with Crippen molar-refractivity contribution in [3.05, 3.63) is 68.7 Å². The number of hydrogen-bond acceptors (Lipinski definition) is 12. The van der Waals surface area contributed by atoms with E-state index in [1.807, 2.05) is 0 Å². The fourth-order valence-corrected chi connectivity index (χ4v) is 5.30. The topological polar surface area (TPSA) is 270 Å². The molecule has 10 N–H and O–H groups in total. The third-order valence-corrected chi connectivity index (χ3v) is 8.66. The van der Waals surface area contributed by atoms with Gasteiger partial charge in [0.1, 0.15) is 43.0 Å². The van der Waals surface area contributed by atoms with Gasteiger partial charge in [0.15, 0.2) is 6.23 Å². The first-order chi connectivity index (χ1) is 24.2. The highest BCUT2D eigenvalue weighted by Gasteiger charge is 2.45. The van der Waals surface area contributed by atoms with Crippen molar-refractivity contribution < 1.29 is 43.3 Å². The molecule has 0 aliphatic carbocycles. The minimum atomic E-state index is -1.76. The second-order valence-electron chi connectivity index (χ2n) is 12.6. The van der Waals surface area contributed by atoms with Gasteiger partial charge in [-0.15, -0.1) is 0 Å². The van der Waals surface area contributed by atoms with Gasteiger partial charge < -0.3 is 47.1 Å². The zero-order valence-corrected chi connectivity index (χ0v) is 28.8. The van der Waals surface area contributed by atoms with Crippen LogP contribution in [0.2, 0.25) is 0 Å². The number of benzene rings is 1. The van der Waals surface area contributed by atoms with Crippen molar-refractivity contribution in [1.82, 2.24) is 25.5 Å². The minimum absolute atomic E-state index is 0.0338. The number of aromatic amines is 1. The van der Waals surface area contributed by atoms with E-state index in [0.717, 1.165) is 0 Å². The van der Waals surface area contributed by atoms with Crippen molar-refractivity contribution in [2.45, 2.75) is 102 Å². The molecule has 3 amide bonds. The summed E-state index contributed by atoms with van der Waals surface area (Å²) in [7, 11) is 0. The number of nitrogens with one attached hydrogen (secondary N) is 4. The second kappa shape index (κ2) is 19.2. The van der Waals surface area contributed by atoms with Crippen LogP contribution in [0.15, 0.2) is 46.1 Å². The number of aliphatic hydroxyl groups excluding tert-OH is 2. The zero-order valence-electron chi connectivity index (χ0n) is 28.8. The van der Waals surface area contributed by atoms with Crippen molar-refractivity contribution in [2.24, 2.45) is 17.4 Å². The van der Waals surface area contributed by atoms with Crippen LogP contribution < -0.4 is 38.7 Å². The molecule has 1 saturated heterocycles. The Hall–Kier alpha value is -4.49. The van der Waals surface area contributed by atoms with Crippen LogP contribution in [-0.2, 0) is 35.1 Å². The van der Waals surface area contributed by atoms with Crippen molar-refractivity contribution in [2.75, 3.05) is 13.2 Å². The molecule has 0 bridgehead atoms. The van der Waals surface area contributed by atoms with E-state index in [9.17, 15) is 43.4 Å². The Morgan fingerprint density at radius 1 is 1.02 bits per heavy atom. The van der Waals surface area contributed by atoms with E-state index in [-0.39, 0.29) is 6.42 Å². The first kappa shape index (κ1) is 40.9. The van der Waals surface area contributed by atoms with Crippen LogP contribution in [0.25, 0.3) is 0 Å². The first-order valence-corrected chi connectivity index (χ1v) is 16.8. The fourth-order valence-electron chi connectivity index (χ4n) is 5.30. The van der Waals surface area contributed by atoms with Crippen LogP contribution in [-0.4, -0.2) is 99.1 Å². The number of amides is 3. The highest BCUT2D eigenvalue weighted by Crippen LogP contribution is 2.28. The summed E-state index contributed by atoms with van der Waals surface area (Å²) in [5, 5.41) is 28.9. The Labute approximate surface area is 293 Å². The Morgan fingerprint density at radius 2 is 1.71 bits per heavy atom. The maximum Gasteiger partial charge on any atom is 0.330 e. The molecule has 0 radical (unpaired) electrons. The lowest BCUT2D eigenvalue weighted by Crippen LogP contribution is -2.57. The number of carbonyl (C=O) groups is 4. The summed E-state index contributed by atoms with van der Waals surface area (Å²) in [5.41, 5.74) is 9.74. The van der Waals surface area contributed by atoms with Crippen LogP contribution >= 0.6 is 0 Å². The number of aromatic nitrogens is 2. The monoisotopic (exact) mass is 721 g/mol. The molecule has 1 aliphatic heterocycles. The van der Waals surface area contributed by atoms with E-state index in [4.69, 9.17) is 20.9 Å². The van der Waals surface area contributed by atoms with Crippen LogP contribution in [0.4, 0.5) is 4.39 Å². The second-order valence-corrected chi connectivity index (χ2v) is 12.6. The maximum absolute atomic E-state index is 13.9. The van der Waals surface area contributed by atoms with Gasteiger partial charge in [0, 0.05) is 6.42 Å². The van der Waals surface area contributed by atoms with Gasteiger partial charge in [0.25, 0.3) is 5.56 Å². The molecule has 1 aromatic heterocycles. The molecule has 1 aliphatic rings. The van der Waals surface area contributed by atoms with E-state index < -0.39 is 102 Å². The summed E-state index contributed by atoms with van der Waals surface area (Å²) in [6.45, 7) is 4.73. The Balaban J connectivity index is 1.71. The molecule has 0 spiro atoms. The lowest BCUT2D eigenvalue weighted by atomic mass is 9.98. The van der Waals surface area contributed by atoms with Crippen LogP contribution in [0.5, 0.6) is 0 Å². The maximum atomic E-state index is 13.9. The number of hydrogen-bond donors (Lipinski definition) is 8. The lowest BCUT2D eigenvalue weighted by molar-refractivity contribution is -0.155. The first-order valence-electron chi connectivity index (χ1n) is 16.8. The molecular formula is C33H48FN7O10. The minimum Gasteiger partial charge on any atom is -0.461 e. The number of ether oxygens (including phenoxy) is 2.